The number of benzene rings is 3. The van der Waals surface area contributed by atoms with Crippen molar-refractivity contribution in [1.82, 2.24) is 4.90 Å². The molecule has 3 aromatic carbocycles. The molecule has 6 heteroatoms. The van der Waals surface area contributed by atoms with Crippen molar-refractivity contribution in [3.63, 3.8) is 0 Å². The molecule has 0 aromatic heterocycles. The van der Waals surface area contributed by atoms with Gasteiger partial charge in [0.05, 0.1) is 6.04 Å². The van der Waals surface area contributed by atoms with E-state index in [2.05, 4.69) is 0 Å². The van der Waals surface area contributed by atoms with Crippen LogP contribution in [0.25, 0.3) is 11.1 Å². The Balaban J connectivity index is 0.000000469. The molecule has 2 atom stereocenters. The van der Waals surface area contributed by atoms with E-state index in [0.29, 0.717) is 30.5 Å². The Hall–Kier alpha value is -3.25. The van der Waals surface area contributed by atoms with Gasteiger partial charge in [0.2, 0.25) is 0 Å². The highest BCUT2D eigenvalue weighted by atomic mass is 19.1. The summed E-state index contributed by atoms with van der Waals surface area (Å²) in [6.45, 7) is 2.70. The number of aliphatic hydroxyl groups is 1. The van der Waals surface area contributed by atoms with E-state index in [-0.39, 0.29) is 24.8 Å². The fourth-order valence-electron chi connectivity index (χ4n) is 4.08. The average Bonchev–Trinajstić information content (AvgIpc) is 2.86. The maximum absolute atomic E-state index is 14.0. The van der Waals surface area contributed by atoms with Gasteiger partial charge in [-0.05, 0) is 42.5 Å². The van der Waals surface area contributed by atoms with Crippen LogP contribution in [0.5, 0.6) is 0 Å². The maximum atomic E-state index is 14.0. The zero-order valence-corrected chi connectivity index (χ0v) is 19.4. The summed E-state index contributed by atoms with van der Waals surface area (Å²) >= 11 is 0. The molecule has 2 unspecified atom stereocenters. The third-order valence-electron chi connectivity index (χ3n) is 5.85. The molecule has 1 saturated heterocycles. The Kier molecular flexibility index (Phi) is 9.59. The molecule has 34 heavy (non-hydrogen) atoms. The smallest absolute Gasteiger partial charge is 0.410 e. The molecule has 0 radical (unpaired) electrons. The van der Waals surface area contributed by atoms with Gasteiger partial charge < -0.3 is 14.7 Å². The molecule has 0 aliphatic carbocycles. The number of aliphatic hydroxyl groups excluding tert-OH is 1. The molecule has 1 N–H and O–H groups in total. The van der Waals surface area contributed by atoms with Crippen molar-refractivity contribution in [2.24, 2.45) is 0 Å². The summed E-state index contributed by atoms with van der Waals surface area (Å²) in [5.41, 5.74) is 1.94. The largest absolute Gasteiger partial charge is 0.446 e. The molecule has 1 amide bonds. The Morgan fingerprint density at radius 2 is 1.68 bits per heavy atom. The number of nitrogens with zero attached hydrogens (tertiary/aromatic N) is 1. The predicted octanol–water partition coefficient (Wildman–Crippen LogP) is 6.75. The van der Waals surface area contributed by atoms with Gasteiger partial charge in [0.25, 0.3) is 0 Å². The summed E-state index contributed by atoms with van der Waals surface area (Å²) in [4.78, 5) is 14.2. The zero-order chi connectivity index (χ0) is 24.3. The topological polar surface area (TPSA) is 49.8 Å². The van der Waals surface area contributed by atoms with Crippen LogP contribution < -0.4 is 0 Å². The van der Waals surface area contributed by atoms with Gasteiger partial charge in [-0.1, -0.05) is 67.6 Å². The number of rotatable bonds is 7. The molecule has 1 aliphatic heterocycles. The second-order valence-corrected chi connectivity index (χ2v) is 8.18. The number of ether oxygens (including phenoxy) is 1. The molecule has 0 bridgehead atoms. The van der Waals surface area contributed by atoms with Crippen LogP contribution in [-0.2, 0) is 4.74 Å². The van der Waals surface area contributed by atoms with Crippen molar-refractivity contribution in [3.8, 4) is 11.1 Å². The van der Waals surface area contributed by atoms with E-state index in [9.17, 15) is 13.6 Å². The summed E-state index contributed by atoms with van der Waals surface area (Å²) in [6, 6.07) is 22.7. The van der Waals surface area contributed by atoms with Crippen LogP contribution in [0.3, 0.4) is 0 Å². The highest BCUT2D eigenvalue weighted by Crippen LogP contribution is 2.31. The van der Waals surface area contributed by atoms with Crippen molar-refractivity contribution in [2.75, 3.05) is 13.2 Å². The maximum Gasteiger partial charge on any atom is 0.410 e. The molecule has 1 heterocycles. The summed E-state index contributed by atoms with van der Waals surface area (Å²) in [5, 5.41) is 8.93. The summed E-state index contributed by atoms with van der Waals surface area (Å²) in [7, 11) is 0. The molecule has 1 fully saturated rings. The third kappa shape index (κ3) is 6.87. The summed E-state index contributed by atoms with van der Waals surface area (Å²) in [6.07, 6.45) is 2.27. The van der Waals surface area contributed by atoms with E-state index in [1.807, 2.05) is 55.5 Å². The Morgan fingerprint density at radius 1 is 1.03 bits per heavy atom. The number of cyclic esters (lactones) is 1. The number of hydrogen-bond donors (Lipinski definition) is 1. The van der Waals surface area contributed by atoms with Crippen LogP contribution in [0.1, 0.15) is 44.2 Å². The van der Waals surface area contributed by atoms with Crippen LogP contribution >= 0.6 is 0 Å². The second-order valence-electron chi connectivity index (χ2n) is 8.18. The highest BCUT2D eigenvalue weighted by molar-refractivity contribution is 5.70. The Bertz CT molecular complexity index is 1000. The van der Waals surface area contributed by atoms with E-state index in [0.717, 1.165) is 24.5 Å². The minimum absolute atomic E-state index is 0.0936. The number of carbonyl (C=O) groups excluding carboxylic acids is 1. The van der Waals surface area contributed by atoms with E-state index in [1.54, 1.807) is 17.0 Å². The van der Waals surface area contributed by atoms with E-state index < -0.39 is 11.6 Å². The minimum Gasteiger partial charge on any atom is -0.446 e. The first-order chi connectivity index (χ1) is 16.5. The fourth-order valence-corrected chi connectivity index (χ4v) is 4.08. The minimum atomic E-state index is -0.607. The molecule has 0 saturated carbocycles. The van der Waals surface area contributed by atoms with Gasteiger partial charge in [-0.25, -0.2) is 13.6 Å². The third-order valence-corrected chi connectivity index (χ3v) is 5.85. The summed E-state index contributed by atoms with van der Waals surface area (Å²) in [5.74, 6) is -1.21. The first-order valence-electron chi connectivity index (χ1n) is 11.7. The van der Waals surface area contributed by atoms with Crippen molar-refractivity contribution in [3.05, 3.63) is 96.1 Å². The predicted molar refractivity (Wildman–Crippen MR) is 129 cm³/mol. The Labute approximate surface area is 199 Å². The monoisotopic (exact) mass is 467 g/mol. The average molecular weight is 468 g/mol. The van der Waals surface area contributed by atoms with Gasteiger partial charge in [0.15, 0.2) is 0 Å². The molecule has 0 spiro atoms. The molecule has 1 aliphatic rings. The summed E-state index contributed by atoms with van der Waals surface area (Å²) < 4.78 is 32.6. The lowest BCUT2D eigenvalue weighted by Crippen LogP contribution is -2.43. The van der Waals surface area contributed by atoms with Crippen molar-refractivity contribution in [1.29, 1.82) is 0 Å². The molecular formula is C28H31F2NO3. The lowest BCUT2D eigenvalue weighted by molar-refractivity contribution is 0.00468. The van der Waals surface area contributed by atoms with Gasteiger partial charge >= 0.3 is 6.09 Å². The number of carbonyl (C=O) groups is 1. The standard InChI is InChI=1S/C22H25F2NO3.C6H6/c1-2-21(25-12-11-18(4-3-13-26)28-22(25)27)16-7-5-15(6-8-16)19-10-9-17(23)14-20(19)24;1-2-4-6-5-3-1/h5-10,14,18,21,26H,2-4,11-13H2,1H3;1-6H. The Morgan fingerprint density at radius 3 is 2.21 bits per heavy atom. The van der Waals surface area contributed by atoms with Crippen molar-refractivity contribution in [2.45, 2.75) is 44.8 Å². The first kappa shape index (κ1) is 25.4. The van der Waals surface area contributed by atoms with Crippen LogP contribution in [0.2, 0.25) is 0 Å². The van der Waals surface area contributed by atoms with E-state index >= 15 is 0 Å². The lowest BCUT2D eigenvalue weighted by Gasteiger charge is -2.37. The molecular weight excluding hydrogens is 436 g/mol. The zero-order valence-electron chi connectivity index (χ0n) is 19.4. The fraction of sp³-hybridized carbons (Fsp3) is 0.321. The number of amides is 1. The van der Waals surface area contributed by atoms with Gasteiger partial charge in [-0.3, -0.25) is 0 Å². The molecule has 180 valence electrons. The van der Waals surface area contributed by atoms with Crippen molar-refractivity contribution < 1.29 is 23.4 Å². The first-order valence-corrected chi connectivity index (χ1v) is 11.7. The van der Waals surface area contributed by atoms with E-state index in [1.165, 1.54) is 12.1 Å². The second kappa shape index (κ2) is 12.8. The highest BCUT2D eigenvalue weighted by Gasteiger charge is 2.32. The van der Waals surface area contributed by atoms with Gasteiger partial charge in [-0.2, -0.15) is 0 Å². The van der Waals surface area contributed by atoms with E-state index in [4.69, 9.17) is 9.84 Å². The number of halogens is 2. The SMILES string of the molecule is CCC(c1ccc(-c2ccc(F)cc2F)cc1)N1CCC(CCCO)OC1=O.c1ccccc1. The van der Waals surface area contributed by atoms with Crippen LogP contribution in [0.4, 0.5) is 13.6 Å². The lowest BCUT2D eigenvalue weighted by atomic mass is 9.97. The van der Waals surface area contributed by atoms with Gasteiger partial charge in [0, 0.05) is 31.2 Å². The molecule has 4 nitrogen and oxygen atoms in total. The van der Waals surface area contributed by atoms with Crippen LogP contribution in [0.15, 0.2) is 78.9 Å². The quantitative estimate of drug-likeness (QED) is 0.418. The normalized spacial score (nSPS) is 16.3. The van der Waals surface area contributed by atoms with Gasteiger partial charge in [-0.15, -0.1) is 0 Å². The molecule has 4 rings (SSSR count). The number of hydrogen-bond acceptors (Lipinski definition) is 3. The van der Waals surface area contributed by atoms with Crippen LogP contribution in [-0.4, -0.2) is 35.4 Å². The van der Waals surface area contributed by atoms with Crippen molar-refractivity contribution >= 4 is 6.09 Å². The van der Waals surface area contributed by atoms with Gasteiger partial charge in [0.1, 0.15) is 17.7 Å². The van der Waals surface area contributed by atoms with Crippen LogP contribution in [0, 0.1) is 11.6 Å². The molecule has 3 aromatic rings.